The first-order chi connectivity index (χ1) is 10.5. The van der Waals surface area contributed by atoms with Crippen LogP contribution in [0.1, 0.15) is 23.6 Å². The van der Waals surface area contributed by atoms with Gasteiger partial charge in [-0.05, 0) is 42.2 Å². The number of rotatable bonds is 2. The van der Waals surface area contributed by atoms with Gasteiger partial charge in [0.1, 0.15) is 11.3 Å². The van der Waals surface area contributed by atoms with Gasteiger partial charge in [0.25, 0.3) is 0 Å². The summed E-state index contributed by atoms with van der Waals surface area (Å²) in [5, 5.41) is 9.62. The maximum atomic E-state index is 12.9. The molecule has 1 unspecified atom stereocenters. The molecular formula is C18H20N2O2. The third kappa shape index (κ3) is 2.57. The predicted molar refractivity (Wildman–Crippen MR) is 85.2 cm³/mol. The van der Waals surface area contributed by atoms with E-state index in [9.17, 15) is 9.90 Å². The van der Waals surface area contributed by atoms with Crippen LogP contribution in [0.3, 0.4) is 0 Å². The van der Waals surface area contributed by atoms with E-state index in [4.69, 9.17) is 5.73 Å². The molecule has 0 bridgehead atoms. The van der Waals surface area contributed by atoms with Crippen LogP contribution in [0, 0.1) is 0 Å². The van der Waals surface area contributed by atoms with Gasteiger partial charge in [-0.3, -0.25) is 4.79 Å². The lowest BCUT2D eigenvalue weighted by atomic mass is 9.90. The van der Waals surface area contributed by atoms with Crippen molar-refractivity contribution in [1.82, 2.24) is 4.90 Å². The Labute approximate surface area is 130 Å². The van der Waals surface area contributed by atoms with Gasteiger partial charge >= 0.3 is 0 Å². The number of carbonyl (C=O) groups excluding carboxylic acids is 1. The Balaban J connectivity index is 1.85. The van der Waals surface area contributed by atoms with Crippen LogP contribution in [0.5, 0.6) is 5.75 Å². The molecule has 2 aromatic carbocycles. The van der Waals surface area contributed by atoms with Crippen LogP contribution in [-0.2, 0) is 23.3 Å². The van der Waals surface area contributed by atoms with Crippen molar-refractivity contribution in [2.75, 3.05) is 6.54 Å². The summed E-state index contributed by atoms with van der Waals surface area (Å²) in [5.41, 5.74) is 8.25. The SMILES string of the molecule is CC(N)(C(=O)N1CCc2ccc(O)cc2C1)c1ccccc1. The van der Waals surface area contributed by atoms with E-state index in [0.29, 0.717) is 13.1 Å². The van der Waals surface area contributed by atoms with Gasteiger partial charge in [-0.15, -0.1) is 0 Å². The second-order valence-corrected chi connectivity index (χ2v) is 6.00. The van der Waals surface area contributed by atoms with Crippen molar-refractivity contribution in [2.24, 2.45) is 5.73 Å². The number of carbonyl (C=O) groups is 1. The molecule has 3 N–H and O–H groups in total. The van der Waals surface area contributed by atoms with Gasteiger partial charge in [-0.2, -0.15) is 0 Å². The van der Waals surface area contributed by atoms with E-state index in [1.54, 1.807) is 24.0 Å². The summed E-state index contributed by atoms with van der Waals surface area (Å²) in [6.07, 6.45) is 0.784. The molecule has 0 saturated carbocycles. The molecule has 0 fully saturated rings. The molecule has 2 aromatic rings. The van der Waals surface area contributed by atoms with Crippen LogP contribution in [-0.4, -0.2) is 22.5 Å². The summed E-state index contributed by atoms with van der Waals surface area (Å²) in [6, 6.07) is 14.8. The van der Waals surface area contributed by atoms with Gasteiger partial charge in [-0.1, -0.05) is 36.4 Å². The Morgan fingerprint density at radius 3 is 2.64 bits per heavy atom. The molecule has 4 heteroatoms. The van der Waals surface area contributed by atoms with Crippen LogP contribution < -0.4 is 5.73 Å². The van der Waals surface area contributed by atoms with Crippen molar-refractivity contribution in [1.29, 1.82) is 0 Å². The molecule has 22 heavy (non-hydrogen) atoms. The predicted octanol–water partition coefficient (Wildman–Crippen LogP) is 2.15. The number of benzene rings is 2. The number of phenolic OH excluding ortho intramolecular Hbond substituents is 1. The van der Waals surface area contributed by atoms with Gasteiger partial charge < -0.3 is 15.7 Å². The van der Waals surface area contributed by atoms with E-state index in [-0.39, 0.29) is 11.7 Å². The van der Waals surface area contributed by atoms with Crippen molar-refractivity contribution >= 4 is 5.91 Å². The van der Waals surface area contributed by atoms with Crippen molar-refractivity contribution in [2.45, 2.75) is 25.4 Å². The van der Waals surface area contributed by atoms with E-state index in [1.165, 1.54) is 5.56 Å². The quantitative estimate of drug-likeness (QED) is 0.892. The molecule has 4 nitrogen and oxygen atoms in total. The van der Waals surface area contributed by atoms with E-state index in [1.807, 2.05) is 36.4 Å². The summed E-state index contributed by atoms with van der Waals surface area (Å²) >= 11 is 0. The highest BCUT2D eigenvalue weighted by Crippen LogP contribution is 2.27. The minimum Gasteiger partial charge on any atom is -0.508 e. The third-order valence-electron chi connectivity index (χ3n) is 4.31. The molecule has 0 radical (unpaired) electrons. The Morgan fingerprint density at radius 1 is 1.18 bits per heavy atom. The molecule has 1 aliphatic heterocycles. The second kappa shape index (κ2) is 5.46. The molecular weight excluding hydrogens is 276 g/mol. The molecule has 1 atom stereocenters. The van der Waals surface area contributed by atoms with Crippen LogP contribution in [0.4, 0.5) is 0 Å². The van der Waals surface area contributed by atoms with Gasteiger partial charge in [0.15, 0.2) is 0 Å². The van der Waals surface area contributed by atoms with Crippen molar-refractivity contribution < 1.29 is 9.90 Å². The standard InChI is InChI=1S/C18H20N2O2/c1-18(19,15-5-3-2-4-6-15)17(22)20-10-9-13-7-8-16(21)11-14(13)12-20/h2-8,11,21H,9-10,12,19H2,1H3. The fourth-order valence-corrected chi connectivity index (χ4v) is 2.95. The maximum absolute atomic E-state index is 12.9. The Kier molecular flexibility index (Phi) is 3.62. The number of nitrogens with zero attached hydrogens (tertiary/aromatic N) is 1. The maximum Gasteiger partial charge on any atom is 0.247 e. The zero-order valence-electron chi connectivity index (χ0n) is 12.6. The number of amides is 1. The van der Waals surface area contributed by atoms with E-state index < -0.39 is 5.54 Å². The molecule has 0 aliphatic carbocycles. The van der Waals surface area contributed by atoms with Crippen LogP contribution >= 0.6 is 0 Å². The summed E-state index contributed by atoms with van der Waals surface area (Å²) < 4.78 is 0. The van der Waals surface area contributed by atoms with Gasteiger partial charge in [0.2, 0.25) is 5.91 Å². The second-order valence-electron chi connectivity index (χ2n) is 6.00. The topological polar surface area (TPSA) is 66.6 Å². The van der Waals surface area contributed by atoms with E-state index >= 15 is 0 Å². The number of hydrogen-bond donors (Lipinski definition) is 2. The van der Waals surface area contributed by atoms with Crippen molar-refractivity contribution in [3.05, 3.63) is 65.2 Å². The first-order valence-electron chi connectivity index (χ1n) is 7.43. The minimum atomic E-state index is -1.05. The highest BCUT2D eigenvalue weighted by atomic mass is 16.3. The molecule has 0 spiro atoms. The van der Waals surface area contributed by atoms with Gasteiger partial charge in [-0.25, -0.2) is 0 Å². The third-order valence-corrected chi connectivity index (χ3v) is 4.31. The number of aromatic hydroxyl groups is 1. The fourth-order valence-electron chi connectivity index (χ4n) is 2.95. The smallest absolute Gasteiger partial charge is 0.247 e. The zero-order valence-corrected chi connectivity index (χ0v) is 12.6. The monoisotopic (exact) mass is 296 g/mol. The minimum absolute atomic E-state index is 0.0901. The first-order valence-corrected chi connectivity index (χ1v) is 7.43. The average molecular weight is 296 g/mol. The van der Waals surface area contributed by atoms with Crippen LogP contribution in [0.25, 0.3) is 0 Å². The molecule has 0 aromatic heterocycles. The Morgan fingerprint density at radius 2 is 1.91 bits per heavy atom. The molecule has 0 saturated heterocycles. The normalized spacial score (nSPS) is 16.7. The zero-order chi connectivity index (χ0) is 15.7. The molecule has 1 amide bonds. The highest BCUT2D eigenvalue weighted by molar-refractivity contribution is 5.87. The molecule has 1 heterocycles. The molecule has 1 aliphatic rings. The largest absolute Gasteiger partial charge is 0.508 e. The highest BCUT2D eigenvalue weighted by Gasteiger charge is 2.35. The van der Waals surface area contributed by atoms with Crippen molar-refractivity contribution in [3.63, 3.8) is 0 Å². The van der Waals surface area contributed by atoms with Gasteiger partial charge in [0.05, 0.1) is 0 Å². The summed E-state index contributed by atoms with van der Waals surface area (Å²) in [6.45, 7) is 2.89. The lowest BCUT2D eigenvalue weighted by Crippen LogP contribution is -2.52. The van der Waals surface area contributed by atoms with Crippen LogP contribution in [0.2, 0.25) is 0 Å². The van der Waals surface area contributed by atoms with E-state index in [0.717, 1.165) is 17.5 Å². The number of phenols is 1. The number of nitrogens with two attached hydrogens (primary N) is 1. The number of fused-ring (bicyclic) bond motifs is 1. The van der Waals surface area contributed by atoms with Crippen molar-refractivity contribution in [3.8, 4) is 5.75 Å². The first kappa shape index (κ1) is 14.6. The Hall–Kier alpha value is -2.33. The van der Waals surface area contributed by atoms with Crippen LogP contribution in [0.15, 0.2) is 48.5 Å². The van der Waals surface area contributed by atoms with E-state index in [2.05, 4.69) is 0 Å². The number of hydrogen-bond acceptors (Lipinski definition) is 3. The molecule has 3 rings (SSSR count). The lowest BCUT2D eigenvalue weighted by Gasteiger charge is -2.35. The lowest BCUT2D eigenvalue weighted by molar-refractivity contribution is -0.137. The summed E-state index contributed by atoms with van der Waals surface area (Å²) in [5.74, 6) is 0.138. The summed E-state index contributed by atoms with van der Waals surface area (Å²) in [4.78, 5) is 14.6. The molecule has 114 valence electrons. The summed E-state index contributed by atoms with van der Waals surface area (Å²) in [7, 11) is 0. The Bertz CT molecular complexity index is 695. The van der Waals surface area contributed by atoms with Gasteiger partial charge in [0, 0.05) is 13.1 Å². The average Bonchev–Trinajstić information content (AvgIpc) is 2.54. The fraction of sp³-hybridized carbons (Fsp3) is 0.278.